The number of aromatic nitrogens is 1. The van der Waals surface area contributed by atoms with Crippen molar-refractivity contribution in [2.24, 2.45) is 0 Å². The van der Waals surface area contributed by atoms with Crippen LogP contribution in [0.2, 0.25) is 0 Å². The number of halogens is 5. The summed E-state index contributed by atoms with van der Waals surface area (Å²) in [6.07, 6.45) is -1.74. The van der Waals surface area contributed by atoms with Crippen LogP contribution in [0.4, 0.5) is 13.2 Å². The second-order valence-corrected chi connectivity index (χ2v) is 4.95. The number of dihydropyridines is 1. The van der Waals surface area contributed by atoms with Crippen molar-refractivity contribution in [3.63, 3.8) is 0 Å². The van der Waals surface area contributed by atoms with Gasteiger partial charge in [-0.25, -0.2) is 4.79 Å². The van der Waals surface area contributed by atoms with Crippen LogP contribution < -0.4 is 5.32 Å². The standard InChI is InChI=1S/C12H7Cl2F3N2O2/c13-7-4-8(14)11(10(20)21,12(15,16)17)19-9(7)6-2-1-3-18-5-6/h1-5,19H,(H,20,21). The van der Waals surface area contributed by atoms with Gasteiger partial charge in [-0.1, -0.05) is 23.2 Å². The molecular weight excluding hydrogens is 332 g/mol. The fraction of sp³-hybridized carbons (Fsp3) is 0.167. The number of alkyl halides is 3. The molecule has 0 saturated carbocycles. The summed E-state index contributed by atoms with van der Waals surface area (Å²) < 4.78 is 39.8. The normalized spacial score (nSPS) is 22.6. The molecule has 1 aromatic rings. The Hall–Kier alpha value is -1.73. The van der Waals surface area contributed by atoms with Crippen LogP contribution in [0.15, 0.2) is 40.7 Å². The number of nitrogens with one attached hydrogen (secondary N) is 1. The second kappa shape index (κ2) is 5.23. The second-order valence-electron chi connectivity index (χ2n) is 4.13. The van der Waals surface area contributed by atoms with Crippen LogP contribution in [0, 0.1) is 0 Å². The fourth-order valence-electron chi connectivity index (χ4n) is 1.80. The molecule has 4 nitrogen and oxygen atoms in total. The van der Waals surface area contributed by atoms with Crippen LogP contribution in [0.1, 0.15) is 5.56 Å². The highest BCUT2D eigenvalue weighted by Gasteiger charge is 2.65. The van der Waals surface area contributed by atoms with Crippen molar-refractivity contribution >= 4 is 34.9 Å². The molecule has 2 rings (SSSR count). The predicted molar refractivity (Wildman–Crippen MR) is 70.5 cm³/mol. The van der Waals surface area contributed by atoms with Gasteiger partial charge in [0.25, 0.3) is 5.54 Å². The number of hydrogen-bond donors (Lipinski definition) is 2. The van der Waals surface area contributed by atoms with Gasteiger partial charge < -0.3 is 10.4 Å². The van der Waals surface area contributed by atoms with Gasteiger partial charge in [-0.15, -0.1) is 0 Å². The van der Waals surface area contributed by atoms with E-state index in [0.29, 0.717) is 0 Å². The maximum atomic E-state index is 13.3. The van der Waals surface area contributed by atoms with Crippen molar-refractivity contribution in [1.82, 2.24) is 10.3 Å². The molecular formula is C12H7Cl2F3N2O2. The molecule has 1 aromatic heterocycles. The van der Waals surface area contributed by atoms with Crippen LogP contribution in [0.3, 0.4) is 0 Å². The number of hydrogen-bond acceptors (Lipinski definition) is 3. The Morgan fingerprint density at radius 1 is 1.38 bits per heavy atom. The molecule has 2 heterocycles. The van der Waals surface area contributed by atoms with Crippen LogP contribution in [-0.2, 0) is 4.79 Å². The quantitative estimate of drug-likeness (QED) is 0.869. The lowest BCUT2D eigenvalue weighted by Crippen LogP contribution is -2.63. The number of nitrogens with zero attached hydrogens (tertiary/aromatic N) is 1. The summed E-state index contributed by atoms with van der Waals surface area (Å²) in [5.74, 6) is -2.18. The minimum atomic E-state index is -5.17. The minimum absolute atomic E-state index is 0.144. The zero-order valence-electron chi connectivity index (χ0n) is 10.1. The van der Waals surface area contributed by atoms with Gasteiger partial charge in [-0.2, -0.15) is 13.2 Å². The van der Waals surface area contributed by atoms with Crippen molar-refractivity contribution in [3.8, 4) is 0 Å². The zero-order chi connectivity index (χ0) is 15.8. The summed E-state index contributed by atoms with van der Waals surface area (Å²) in [4.78, 5) is 15.0. The van der Waals surface area contributed by atoms with Gasteiger partial charge in [0.15, 0.2) is 0 Å². The number of carboxylic acid groups (broad SMARTS) is 1. The molecule has 0 saturated heterocycles. The SMILES string of the molecule is O=C(O)C1(C(F)(F)F)NC(c2cccnc2)=C(Cl)C=C1Cl. The van der Waals surface area contributed by atoms with Gasteiger partial charge in [0.1, 0.15) is 0 Å². The Morgan fingerprint density at radius 3 is 2.52 bits per heavy atom. The predicted octanol–water partition coefficient (Wildman–Crippen LogP) is 3.10. The summed E-state index contributed by atoms with van der Waals surface area (Å²) in [5, 5.41) is 9.85. The highest BCUT2D eigenvalue weighted by Crippen LogP contribution is 2.44. The Balaban J connectivity index is 2.62. The number of aliphatic carboxylic acids is 1. The Bertz CT molecular complexity index is 644. The first-order valence-electron chi connectivity index (χ1n) is 5.46. The van der Waals surface area contributed by atoms with E-state index >= 15 is 0 Å². The van der Waals surface area contributed by atoms with E-state index in [2.05, 4.69) is 4.98 Å². The average Bonchev–Trinajstić information content (AvgIpc) is 2.38. The summed E-state index contributed by atoms with van der Waals surface area (Å²) in [7, 11) is 0. The van der Waals surface area contributed by atoms with E-state index in [0.717, 1.165) is 6.08 Å². The summed E-state index contributed by atoms with van der Waals surface area (Å²) in [6.45, 7) is 0. The largest absolute Gasteiger partial charge is 0.479 e. The number of carboxylic acids is 1. The maximum Gasteiger partial charge on any atom is 0.427 e. The number of rotatable bonds is 2. The molecule has 2 N–H and O–H groups in total. The molecule has 0 spiro atoms. The third-order valence-corrected chi connectivity index (χ3v) is 3.55. The molecule has 1 unspecified atom stereocenters. The molecule has 0 aromatic carbocycles. The van der Waals surface area contributed by atoms with Gasteiger partial charge in [0.05, 0.1) is 15.8 Å². The van der Waals surface area contributed by atoms with E-state index in [1.165, 1.54) is 24.5 Å². The van der Waals surface area contributed by atoms with Crippen molar-refractivity contribution in [1.29, 1.82) is 0 Å². The van der Waals surface area contributed by atoms with E-state index in [9.17, 15) is 18.0 Å². The third-order valence-electron chi connectivity index (χ3n) is 2.86. The van der Waals surface area contributed by atoms with E-state index in [1.54, 1.807) is 0 Å². The smallest absolute Gasteiger partial charge is 0.427 e. The van der Waals surface area contributed by atoms with E-state index in [4.69, 9.17) is 28.3 Å². The molecule has 0 amide bonds. The highest BCUT2D eigenvalue weighted by molar-refractivity contribution is 6.39. The molecule has 1 atom stereocenters. The molecule has 0 radical (unpaired) electrons. The van der Waals surface area contributed by atoms with Crippen LogP contribution in [0.25, 0.3) is 5.70 Å². The van der Waals surface area contributed by atoms with Crippen molar-refractivity contribution in [2.45, 2.75) is 11.7 Å². The minimum Gasteiger partial charge on any atom is -0.479 e. The van der Waals surface area contributed by atoms with Crippen LogP contribution >= 0.6 is 23.2 Å². The summed E-state index contributed by atoms with van der Waals surface area (Å²) >= 11 is 11.4. The number of allylic oxidation sites excluding steroid dienone is 2. The van der Waals surface area contributed by atoms with Crippen LogP contribution in [-0.4, -0.2) is 27.8 Å². The highest BCUT2D eigenvalue weighted by atomic mass is 35.5. The van der Waals surface area contributed by atoms with Gasteiger partial charge in [-0.05, 0) is 18.2 Å². The summed E-state index contributed by atoms with van der Waals surface area (Å²) in [6, 6.07) is 2.91. The van der Waals surface area contributed by atoms with Crippen LogP contribution in [0.5, 0.6) is 0 Å². The van der Waals surface area contributed by atoms with Crippen molar-refractivity contribution < 1.29 is 23.1 Å². The molecule has 112 valence electrons. The van der Waals surface area contributed by atoms with E-state index in [1.807, 2.05) is 5.32 Å². The Kier molecular flexibility index (Phi) is 3.90. The molecule has 0 aliphatic carbocycles. The van der Waals surface area contributed by atoms with Crippen molar-refractivity contribution in [2.75, 3.05) is 0 Å². The fourth-order valence-corrected chi connectivity index (χ4v) is 2.47. The van der Waals surface area contributed by atoms with Gasteiger partial charge in [-0.3, -0.25) is 4.98 Å². The Morgan fingerprint density at radius 2 is 2.05 bits per heavy atom. The molecule has 0 fully saturated rings. The molecule has 21 heavy (non-hydrogen) atoms. The molecule has 1 aliphatic rings. The third kappa shape index (κ3) is 2.47. The summed E-state index contributed by atoms with van der Waals surface area (Å²) in [5.41, 5.74) is -3.45. The zero-order valence-corrected chi connectivity index (χ0v) is 11.6. The first-order valence-corrected chi connectivity index (χ1v) is 6.22. The topological polar surface area (TPSA) is 62.2 Å². The maximum absolute atomic E-state index is 13.3. The Labute approximate surface area is 126 Å². The van der Waals surface area contributed by atoms with Gasteiger partial charge in [0.2, 0.25) is 0 Å². The molecule has 0 bridgehead atoms. The number of carbonyl (C=O) groups is 1. The lowest BCUT2D eigenvalue weighted by molar-refractivity contribution is -0.197. The van der Waals surface area contributed by atoms with Crippen molar-refractivity contribution in [3.05, 3.63) is 46.2 Å². The number of pyridine rings is 1. The molecule has 9 heteroatoms. The average molecular weight is 339 g/mol. The van der Waals surface area contributed by atoms with E-state index in [-0.39, 0.29) is 16.3 Å². The molecule has 1 aliphatic heterocycles. The monoisotopic (exact) mass is 338 g/mol. The first-order chi connectivity index (χ1) is 9.70. The van der Waals surface area contributed by atoms with Gasteiger partial charge >= 0.3 is 12.1 Å². The lowest BCUT2D eigenvalue weighted by Gasteiger charge is -2.36. The van der Waals surface area contributed by atoms with E-state index < -0.39 is 22.7 Å². The first kappa shape index (κ1) is 15.7. The van der Waals surface area contributed by atoms with Gasteiger partial charge in [0, 0.05) is 18.0 Å². The lowest BCUT2D eigenvalue weighted by atomic mass is 9.93.